The Morgan fingerprint density at radius 1 is 1.24 bits per heavy atom. The average Bonchev–Trinajstić information content (AvgIpc) is 2.38. The molecule has 0 radical (unpaired) electrons. The molecule has 0 saturated carbocycles. The zero-order valence-corrected chi connectivity index (χ0v) is 10.7. The molecule has 2 fully saturated rings. The lowest BCUT2D eigenvalue weighted by Crippen LogP contribution is -2.33. The van der Waals surface area contributed by atoms with Gasteiger partial charge >= 0.3 is 0 Å². The summed E-state index contributed by atoms with van der Waals surface area (Å²) in [5.74, 6) is 0.490. The summed E-state index contributed by atoms with van der Waals surface area (Å²) in [6.45, 7) is 0. The topological polar surface area (TPSA) is 30.0 Å². The molecule has 0 amide bonds. The summed E-state index contributed by atoms with van der Waals surface area (Å²) < 4.78 is 0. The minimum Gasteiger partial charge on any atom is -0.292 e. The number of rotatable bonds is 2. The van der Waals surface area contributed by atoms with Gasteiger partial charge in [0.05, 0.1) is 0 Å². The maximum atomic E-state index is 12.4. The smallest absolute Gasteiger partial charge is 0.184 e. The lowest BCUT2D eigenvalue weighted by Gasteiger charge is -2.37. The van der Waals surface area contributed by atoms with Crippen LogP contribution in [0.1, 0.15) is 42.6 Å². The largest absolute Gasteiger partial charge is 0.292 e. The minimum atomic E-state index is 0.224. The van der Waals surface area contributed by atoms with Crippen molar-refractivity contribution < 1.29 is 4.79 Å². The van der Waals surface area contributed by atoms with Gasteiger partial charge in [-0.3, -0.25) is 9.78 Å². The van der Waals surface area contributed by atoms with Gasteiger partial charge in [-0.15, -0.1) is 0 Å². The Morgan fingerprint density at radius 2 is 2.00 bits per heavy atom. The molecule has 1 aromatic heterocycles. The van der Waals surface area contributed by atoms with E-state index in [1.165, 1.54) is 19.3 Å². The second-order valence-electron chi connectivity index (χ2n) is 5.06. The monoisotopic (exact) mass is 247 g/mol. The predicted octanol–water partition coefficient (Wildman–Crippen LogP) is 3.33. The first-order valence-electron chi connectivity index (χ1n) is 6.43. The highest BCUT2D eigenvalue weighted by Crippen LogP contribution is 2.44. The fourth-order valence-electron chi connectivity index (χ4n) is 2.99. The van der Waals surface area contributed by atoms with Gasteiger partial charge in [0.25, 0.3) is 0 Å². The third-order valence-corrected chi connectivity index (χ3v) is 5.45. The molecule has 1 aromatic rings. The highest BCUT2D eigenvalue weighted by molar-refractivity contribution is 8.00. The van der Waals surface area contributed by atoms with Gasteiger partial charge in [-0.25, -0.2) is 0 Å². The molecule has 3 rings (SSSR count). The summed E-state index contributed by atoms with van der Waals surface area (Å²) in [5.41, 5.74) is 0.655. The molecule has 0 aromatic carbocycles. The van der Waals surface area contributed by atoms with Gasteiger partial charge in [0.15, 0.2) is 5.78 Å². The van der Waals surface area contributed by atoms with Crippen LogP contribution in [0, 0.1) is 5.92 Å². The van der Waals surface area contributed by atoms with Crippen LogP contribution in [0.5, 0.6) is 0 Å². The summed E-state index contributed by atoms with van der Waals surface area (Å²) in [4.78, 5) is 16.6. The Hall–Kier alpha value is -0.830. The Kier molecular flexibility index (Phi) is 3.19. The molecule has 3 heterocycles. The van der Waals surface area contributed by atoms with Crippen LogP contribution in [-0.2, 0) is 0 Å². The van der Waals surface area contributed by atoms with Gasteiger partial charge in [0, 0.05) is 22.6 Å². The molecular formula is C14H17NOS. The van der Waals surface area contributed by atoms with E-state index in [1.54, 1.807) is 6.20 Å². The number of hydrogen-bond donors (Lipinski definition) is 0. The van der Waals surface area contributed by atoms with Crippen LogP contribution in [0.3, 0.4) is 0 Å². The van der Waals surface area contributed by atoms with Crippen molar-refractivity contribution in [3.63, 3.8) is 0 Å². The van der Waals surface area contributed by atoms with Crippen LogP contribution in [0.15, 0.2) is 24.4 Å². The summed E-state index contributed by atoms with van der Waals surface area (Å²) in [6, 6.07) is 5.61. The Labute approximate surface area is 106 Å². The van der Waals surface area contributed by atoms with E-state index in [-0.39, 0.29) is 11.7 Å². The molecule has 90 valence electrons. The first-order chi connectivity index (χ1) is 8.33. The molecular weight excluding hydrogens is 230 g/mol. The van der Waals surface area contributed by atoms with Crippen molar-refractivity contribution in [2.24, 2.45) is 5.92 Å². The van der Waals surface area contributed by atoms with Crippen LogP contribution in [0.2, 0.25) is 0 Å². The number of ketones is 1. The van der Waals surface area contributed by atoms with Crippen LogP contribution in [0.25, 0.3) is 0 Å². The quantitative estimate of drug-likeness (QED) is 0.751. The van der Waals surface area contributed by atoms with E-state index < -0.39 is 0 Å². The van der Waals surface area contributed by atoms with Crippen molar-refractivity contribution in [3.8, 4) is 0 Å². The summed E-state index contributed by atoms with van der Waals surface area (Å²) in [7, 11) is 0. The number of pyridine rings is 1. The zero-order chi connectivity index (χ0) is 11.7. The Balaban J connectivity index is 1.74. The molecule has 2 atom stereocenters. The third kappa shape index (κ3) is 2.39. The molecule has 2 saturated heterocycles. The number of hydrogen-bond acceptors (Lipinski definition) is 3. The van der Waals surface area contributed by atoms with Gasteiger partial charge in [-0.2, -0.15) is 11.8 Å². The molecule has 0 N–H and O–H groups in total. The molecule has 2 aliphatic heterocycles. The molecule has 2 unspecified atom stereocenters. The highest BCUT2D eigenvalue weighted by atomic mass is 32.2. The van der Waals surface area contributed by atoms with E-state index in [9.17, 15) is 4.79 Å². The molecule has 17 heavy (non-hydrogen) atoms. The van der Waals surface area contributed by atoms with Crippen molar-refractivity contribution in [3.05, 3.63) is 30.1 Å². The minimum absolute atomic E-state index is 0.224. The lowest BCUT2D eigenvalue weighted by atomic mass is 9.85. The van der Waals surface area contributed by atoms with Crippen molar-refractivity contribution in [1.29, 1.82) is 0 Å². The van der Waals surface area contributed by atoms with Crippen molar-refractivity contribution in [2.45, 2.75) is 42.6 Å². The number of carbonyl (C=O) groups is 1. The molecule has 2 aliphatic rings. The standard InChI is InChI=1S/C14H17NOS/c16-14(13-6-1-2-7-15-13)10-8-11-4-3-5-12(9-10)17-11/h1-2,6-7,10-12H,3-5,8-9H2. The average molecular weight is 247 g/mol. The fraction of sp³-hybridized carbons (Fsp3) is 0.571. The number of nitrogens with zero attached hydrogens (tertiary/aromatic N) is 1. The first kappa shape index (κ1) is 11.3. The molecule has 0 aliphatic carbocycles. The number of fused-ring (bicyclic) bond motifs is 2. The third-order valence-electron chi connectivity index (χ3n) is 3.82. The Bertz CT molecular complexity index is 394. The maximum absolute atomic E-state index is 12.4. The number of thioether (sulfide) groups is 1. The van der Waals surface area contributed by atoms with Crippen LogP contribution >= 0.6 is 11.8 Å². The normalized spacial score (nSPS) is 32.1. The van der Waals surface area contributed by atoms with Gasteiger partial charge in [-0.05, 0) is 37.8 Å². The van der Waals surface area contributed by atoms with Crippen LogP contribution in [-0.4, -0.2) is 21.3 Å². The number of carbonyl (C=O) groups excluding carboxylic acids is 1. The summed E-state index contributed by atoms with van der Waals surface area (Å²) >= 11 is 2.12. The van der Waals surface area contributed by atoms with Crippen LogP contribution < -0.4 is 0 Å². The van der Waals surface area contributed by atoms with Crippen molar-refractivity contribution in [1.82, 2.24) is 4.98 Å². The van der Waals surface area contributed by atoms with Gasteiger partial charge in [-0.1, -0.05) is 12.5 Å². The van der Waals surface area contributed by atoms with Crippen molar-refractivity contribution in [2.75, 3.05) is 0 Å². The summed E-state index contributed by atoms with van der Waals surface area (Å²) in [5, 5.41) is 1.44. The molecule has 3 heteroatoms. The van der Waals surface area contributed by atoms with Crippen LogP contribution in [0.4, 0.5) is 0 Å². The van der Waals surface area contributed by atoms with E-state index in [0.29, 0.717) is 5.69 Å². The number of aromatic nitrogens is 1. The maximum Gasteiger partial charge on any atom is 0.184 e. The molecule has 0 spiro atoms. The van der Waals surface area contributed by atoms with E-state index >= 15 is 0 Å². The highest BCUT2D eigenvalue weighted by Gasteiger charge is 2.36. The molecule has 2 nitrogen and oxygen atoms in total. The fourth-order valence-corrected chi connectivity index (χ4v) is 4.83. The van der Waals surface area contributed by atoms with E-state index in [2.05, 4.69) is 16.7 Å². The van der Waals surface area contributed by atoms with E-state index in [0.717, 1.165) is 23.3 Å². The lowest BCUT2D eigenvalue weighted by molar-refractivity contribution is 0.0891. The van der Waals surface area contributed by atoms with Crippen molar-refractivity contribution >= 4 is 17.5 Å². The van der Waals surface area contributed by atoms with Gasteiger partial charge in [0.2, 0.25) is 0 Å². The van der Waals surface area contributed by atoms with E-state index in [1.807, 2.05) is 18.2 Å². The van der Waals surface area contributed by atoms with E-state index in [4.69, 9.17) is 0 Å². The number of Topliss-reactive ketones (excluding diaryl/α,β-unsaturated/α-hetero) is 1. The SMILES string of the molecule is O=C(c1ccccn1)C1CC2CCCC(C1)S2. The Morgan fingerprint density at radius 3 is 2.65 bits per heavy atom. The second-order valence-corrected chi connectivity index (χ2v) is 6.66. The predicted molar refractivity (Wildman–Crippen MR) is 70.3 cm³/mol. The zero-order valence-electron chi connectivity index (χ0n) is 9.84. The van der Waals surface area contributed by atoms with Gasteiger partial charge < -0.3 is 0 Å². The summed E-state index contributed by atoms with van der Waals surface area (Å²) in [6.07, 6.45) is 7.80. The van der Waals surface area contributed by atoms with Gasteiger partial charge in [0.1, 0.15) is 5.69 Å². The second kappa shape index (κ2) is 4.81. The molecule has 2 bridgehead atoms. The first-order valence-corrected chi connectivity index (χ1v) is 7.38.